The molecule has 4 nitrogen and oxygen atoms in total. The van der Waals surface area contributed by atoms with Gasteiger partial charge in [-0.2, -0.15) is 0 Å². The van der Waals surface area contributed by atoms with Crippen LogP contribution in [0.5, 0.6) is 5.75 Å². The number of nitrogens with two attached hydrogens (primary N) is 1. The van der Waals surface area contributed by atoms with Crippen LogP contribution < -0.4 is 10.5 Å². The lowest BCUT2D eigenvalue weighted by Crippen LogP contribution is -2.43. The molecule has 0 saturated carbocycles. The van der Waals surface area contributed by atoms with Gasteiger partial charge in [-0.25, -0.2) is 0 Å². The molecule has 1 saturated heterocycles. The molecule has 21 heavy (non-hydrogen) atoms. The number of carbonyl (C=O) groups excluding carboxylic acids is 1. The van der Waals surface area contributed by atoms with Crippen LogP contribution in [0.3, 0.4) is 0 Å². The molecule has 1 aliphatic heterocycles. The molecule has 1 aromatic carbocycles. The van der Waals surface area contributed by atoms with E-state index in [-0.39, 0.29) is 12.1 Å². The smallest absolute Gasteiger partial charge is 0.405 e. The zero-order valence-electron chi connectivity index (χ0n) is 11.3. The van der Waals surface area contributed by atoms with E-state index in [9.17, 15) is 18.0 Å². The van der Waals surface area contributed by atoms with Crippen LogP contribution in [0, 0.1) is 5.41 Å². The second kappa shape index (κ2) is 6.03. The van der Waals surface area contributed by atoms with Gasteiger partial charge in [0.1, 0.15) is 5.75 Å². The zero-order chi connectivity index (χ0) is 15.5. The quantitative estimate of drug-likeness (QED) is 0.868. The van der Waals surface area contributed by atoms with Crippen molar-refractivity contribution in [1.29, 1.82) is 0 Å². The van der Waals surface area contributed by atoms with Crippen LogP contribution in [-0.2, 0) is 4.74 Å². The minimum Gasteiger partial charge on any atom is -0.405 e. The summed E-state index contributed by atoms with van der Waals surface area (Å²) in [6.07, 6.45) is -4.06. The number of benzene rings is 1. The van der Waals surface area contributed by atoms with Crippen LogP contribution in [-0.4, -0.2) is 31.9 Å². The fraction of sp³-hybridized carbons (Fsp3) is 0.500. The van der Waals surface area contributed by atoms with Gasteiger partial charge in [0.15, 0.2) is 5.78 Å². The Balaban J connectivity index is 2.34. The first-order valence-electron chi connectivity index (χ1n) is 6.55. The molecular weight excluding hydrogens is 287 g/mol. The van der Waals surface area contributed by atoms with Crippen molar-refractivity contribution in [3.05, 3.63) is 29.8 Å². The molecule has 0 spiro atoms. The summed E-state index contributed by atoms with van der Waals surface area (Å²) in [5.41, 5.74) is 4.73. The normalized spacial score (nSPS) is 18.3. The van der Waals surface area contributed by atoms with Crippen molar-refractivity contribution in [2.45, 2.75) is 19.2 Å². The predicted octanol–water partition coefficient (Wildman–Crippen LogP) is 2.52. The summed E-state index contributed by atoms with van der Waals surface area (Å²) in [5.74, 6) is -0.914. The summed E-state index contributed by atoms with van der Waals surface area (Å²) < 4.78 is 46.4. The number of hydrogen-bond acceptors (Lipinski definition) is 4. The summed E-state index contributed by atoms with van der Waals surface area (Å²) in [5, 5.41) is 0. The molecule has 1 aromatic rings. The third-order valence-electron chi connectivity index (χ3n) is 3.68. The van der Waals surface area contributed by atoms with E-state index in [1.54, 1.807) is 0 Å². The second-order valence-electron chi connectivity index (χ2n) is 4.97. The number of para-hydroxylation sites is 1. The maximum absolute atomic E-state index is 12.7. The van der Waals surface area contributed by atoms with Gasteiger partial charge in [0, 0.05) is 19.8 Å². The Labute approximate surface area is 120 Å². The van der Waals surface area contributed by atoms with Gasteiger partial charge in [-0.3, -0.25) is 4.79 Å². The lowest BCUT2D eigenvalue weighted by molar-refractivity contribution is -0.274. The standard InChI is InChI=1S/C14H16F3NO3/c15-14(16,17)21-11-4-2-1-3-10(11)12(19)13(9-18)5-7-20-8-6-13/h1-4H,5-9,18H2. The van der Waals surface area contributed by atoms with Gasteiger partial charge in [-0.15, -0.1) is 13.2 Å². The maximum atomic E-state index is 12.7. The van der Waals surface area contributed by atoms with Crippen molar-refractivity contribution in [1.82, 2.24) is 0 Å². The molecule has 1 heterocycles. The summed E-state index contributed by atoms with van der Waals surface area (Å²) >= 11 is 0. The number of Topliss-reactive ketones (excluding diaryl/α,β-unsaturated/α-hetero) is 1. The van der Waals surface area contributed by atoms with Crippen molar-refractivity contribution in [3.63, 3.8) is 0 Å². The summed E-state index contributed by atoms with van der Waals surface area (Å²) in [6.45, 7) is 0.798. The van der Waals surface area contributed by atoms with Crippen molar-refractivity contribution >= 4 is 5.78 Å². The molecule has 0 radical (unpaired) electrons. The van der Waals surface area contributed by atoms with Crippen LogP contribution >= 0.6 is 0 Å². The topological polar surface area (TPSA) is 61.6 Å². The Bertz CT molecular complexity index is 510. The molecule has 7 heteroatoms. The van der Waals surface area contributed by atoms with Crippen LogP contribution in [0.25, 0.3) is 0 Å². The summed E-state index contributed by atoms with van der Waals surface area (Å²) in [7, 11) is 0. The molecule has 1 fully saturated rings. The SMILES string of the molecule is NCC1(C(=O)c2ccccc2OC(F)(F)F)CCOCC1. The Morgan fingerprint density at radius 1 is 1.29 bits per heavy atom. The molecule has 2 N–H and O–H groups in total. The average Bonchev–Trinajstić information content (AvgIpc) is 2.46. The first-order valence-corrected chi connectivity index (χ1v) is 6.55. The molecule has 0 unspecified atom stereocenters. The fourth-order valence-corrected chi connectivity index (χ4v) is 2.44. The van der Waals surface area contributed by atoms with E-state index in [0.717, 1.165) is 6.07 Å². The van der Waals surface area contributed by atoms with Gasteiger partial charge in [-0.1, -0.05) is 12.1 Å². The Hall–Kier alpha value is -1.60. The average molecular weight is 303 g/mol. The van der Waals surface area contributed by atoms with Crippen LogP contribution in [0.2, 0.25) is 0 Å². The highest BCUT2D eigenvalue weighted by Gasteiger charge is 2.41. The lowest BCUT2D eigenvalue weighted by Gasteiger charge is -2.34. The number of alkyl halides is 3. The predicted molar refractivity (Wildman–Crippen MR) is 69.0 cm³/mol. The van der Waals surface area contributed by atoms with Crippen LogP contribution in [0.4, 0.5) is 13.2 Å². The Kier molecular flexibility index (Phi) is 4.53. The molecule has 0 atom stereocenters. The number of ether oxygens (including phenoxy) is 2. The van der Waals surface area contributed by atoms with Crippen molar-refractivity contribution in [3.8, 4) is 5.75 Å². The molecule has 0 bridgehead atoms. The largest absolute Gasteiger partial charge is 0.573 e. The number of carbonyl (C=O) groups is 1. The highest BCUT2D eigenvalue weighted by Crippen LogP contribution is 2.37. The van der Waals surface area contributed by atoms with Gasteiger partial charge >= 0.3 is 6.36 Å². The van der Waals surface area contributed by atoms with E-state index in [2.05, 4.69) is 4.74 Å². The van der Waals surface area contributed by atoms with E-state index >= 15 is 0 Å². The van der Waals surface area contributed by atoms with Gasteiger partial charge in [0.05, 0.1) is 11.0 Å². The highest BCUT2D eigenvalue weighted by atomic mass is 19.4. The molecule has 0 aromatic heterocycles. The number of ketones is 1. The highest BCUT2D eigenvalue weighted by molar-refractivity contribution is 6.03. The first kappa shape index (κ1) is 15.8. The fourth-order valence-electron chi connectivity index (χ4n) is 2.44. The second-order valence-corrected chi connectivity index (χ2v) is 4.97. The number of rotatable bonds is 4. The number of hydrogen-bond donors (Lipinski definition) is 1. The van der Waals surface area contributed by atoms with Gasteiger partial charge in [0.25, 0.3) is 0 Å². The maximum Gasteiger partial charge on any atom is 0.573 e. The Morgan fingerprint density at radius 2 is 1.90 bits per heavy atom. The van der Waals surface area contributed by atoms with Crippen LogP contribution in [0.1, 0.15) is 23.2 Å². The third-order valence-corrected chi connectivity index (χ3v) is 3.68. The summed E-state index contributed by atoms with van der Waals surface area (Å²) in [4.78, 5) is 12.7. The van der Waals surface area contributed by atoms with E-state index < -0.39 is 23.3 Å². The minimum absolute atomic E-state index is 0.0650. The monoisotopic (exact) mass is 303 g/mol. The third kappa shape index (κ3) is 3.54. The van der Waals surface area contributed by atoms with E-state index in [1.807, 2.05) is 0 Å². The van der Waals surface area contributed by atoms with Crippen molar-refractivity contribution in [2.24, 2.45) is 11.1 Å². The van der Waals surface area contributed by atoms with E-state index in [4.69, 9.17) is 10.5 Å². The molecule has 0 amide bonds. The van der Waals surface area contributed by atoms with Crippen LogP contribution in [0.15, 0.2) is 24.3 Å². The van der Waals surface area contributed by atoms with Crippen molar-refractivity contribution < 1.29 is 27.4 Å². The molecule has 116 valence electrons. The molecule has 1 aliphatic rings. The minimum atomic E-state index is -4.85. The first-order chi connectivity index (χ1) is 9.88. The van der Waals surface area contributed by atoms with E-state index in [0.29, 0.717) is 26.1 Å². The molecule has 0 aliphatic carbocycles. The van der Waals surface area contributed by atoms with Gasteiger partial charge < -0.3 is 15.2 Å². The van der Waals surface area contributed by atoms with Crippen molar-refractivity contribution in [2.75, 3.05) is 19.8 Å². The Morgan fingerprint density at radius 3 is 2.48 bits per heavy atom. The van der Waals surface area contributed by atoms with Gasteiger partial charge in [0.2, 0.25) is 0 Å². The van der Waals surface area contributed by atoms with E-state index in [1.165, 1.54) is 18.2 Å². The molecular formula is C14H16F3NO3. The zero-order valence-corrected chi connectivity index (χ0v) is 11.3. The number of halogens is 3. The lowest BCUT2D eigenvalue weighted by atomic mass is 9.74. The summed E-state index contributed by atoms with van der Waals surface area (Å²) in [6, 6.07) is 5.34. The molecule has 2 rings (SSSR count). The van der Waals surface area contributed by atoms with Gasteiger partial charge in [-0.05, 0) is 25.0 Å².